The standard InChI is InChI=1S/C16H20N2O2/c1-11-12(17)6-5-7-13(11)18-14(19)10-16(15(18)20)8-3-2-4-9-16/h5-7H,2-4,8-10,17H2,1H3. The van der Waals surface area contributed by atoms with E-state index in [1.54, 1.807) is 12.1 Å². The fraction of sp³-hybridized carbons (Fsp3) is 0.500. The Morgan fingerprint density at radius 3 is 2.55 bits per heavy atom. The van der Waals surface area contributed by atoms with Gasteiger partial charge in [0.1, 0.15) is 0 Å². The third kappa shape index (κ3) is 1.82. The quantitative estimate of drug-likeness (QED) is 0.631. The van der Waals surface area contributed by atoms with Crippen molar-refractivity contribution in [2.75, 3.05) is 10.6 Å². The third-order valence-corrected chi connectivity index (χ3v) is 4.79. The van der Waals surface area contributed by atoms with E-state index in [0.717, 1.165) is 31.2 Å². The SMILES string of the molecule is Cc1c(N)cccc1N1C(=O)CC2(CCCCC2)C1=O. The van der Waals surface area contributed by atoms with Crippen LogP contribution in [-0.4, -0.2) is 11.8 Å². The number of hydrogen-bond acceptors (Lipinski definition) is 3. The van der Waals surface area contributed by atoms with Crippen LogP contribution in [0.1, 0.15) is 44.1 Å². The fourth-order valence-corrected chi connectivity index (χ4v) is 3.54. The van der Waals surface area contributed by atoms with Gasteiger partial charge in [-0.3, -0.25) is 9.59 Å². The van der Waals surface area contributed by atoms with E-state index in [9.17, 15) is 9.59 Å². The van der Waals surface area contributed by atoms with Gasteiger partial charge in [0.05, 0.1) is 11.1 Å². The highest BCUT2D eigenvalue weighted by atomic mass is 16.2. The Kier molecular flexibility index (Phi) is 3.04. The number of amides is 2. The molecule has 0 bridgehead atoms. The summed E-state index contributed by atoms with van der Waals surface area (Å²) < 4.78 is 0. The van der Waals surface area contributed by atoms with Crippen LogP contribution < -0.4 is 10.6 Å². The molecule has 20 heavy (non-hydrogen) atoms. The molecule has 2 fully saturated rings. The first-order valence-electron chi connectivity index (χ1n) is 7.28. The molecule has 1 saturated carbocycles. The number of carbonyl (C=O) groups excluding carboxylic acids is 2. The Labute approximate surface area is 118 Å². The van der Waals surface area contributed by atoms with Crippen LogP contribution >= 0.6 is 0 Å². The molecule has 1 aliphatic carbocycles. The molecule has 0 atom stereocenters. The molecular weight excluding hydrogens is 252 g/mol. The van der Waals surface area contributed by atoms with Crippen LogP contribution in [0.4, 0.5) is 11.4 Å². The van der Waals surface area contributed by atoms with Crippen molar-refractivity contribution in [1.29, 1.82) is 0 Å². The smallest absolute Gasteiger partial charge is 0.240 e. The van der Waals surface area contributed by atoms with E-state index in [-0.39, 0.29) is 11.8 Å². The minimum absolute atomic E-state index is 0.0177. The fourth-order valence-electron chi connectivity index (χ4n) is 3.54. The van der Waals surface area contributed by atoms with E-state index in [0.29, 0.717) is 17.8 Å². The lowest BCUT2D eigenvalue weighted by Crippen LogP contribution is -2.37. The molecule has 1 aromatic rings. The summed E-state index contributed by atoms with van der Waals surface area (Å²) in [5.41, 5.74) is 7.54. The maximum Gasteiger partial charge on any atom is 0.240 e. The second-order valence-electron chi connectivity index (χ2n) is 6.04. The van der Waals surface area contributed by atoms with Gasteiger partial charge in [-0.05, 0) is 37.5 Å². The lowest BCUT2D eigenvalue weighted by Gasteiger charge is -2.30. The van der Waals surface area contributed by atoms with Crippen LogP contribution in [0.3, 0.4) is 0 Å². The molecule has 0 aromatic heterocycles. The van der Waals surface area contributed by atoms with Crippen molar-refractivity contribution in [2.24, 2.45) is 5.41 Å². The van der Waals surface area contributed by atoms with E-state index < -0.39 is 5.41 Å². The average molecular weight is 272 g/mol. The highest BCUT2D eigenvalue weighted by molar-refractivity contribution is 6.23. The van der Waals surface area contributed by atoms with Crippen molar-refractivity contribution in [3.63, 3.8) is 0 Å². The van der Waals surface area contributed by atoms with Crippen LogP contribution in [0.2, 0.25) is 0 Å². The number of nitrogens with two attached hydrogens (primary N) is 1. The summed E-state index contributed by atoms with van der Waals surface area (Å²) in [5, 5.41) is 0. The summed E-state index contributed by atoms with van der Waals surface area (Å²) in [6, 6.07) is 5.40. The highest BCUT2D eigenvalue weighted by Crippen LogP contribution is 2.47. The molecule has 4 nitrogen and oxygen atoms in total. The topological polar surface area (TPSA) is 63.4 Å². The van der Waals surface area contributed by atoms with Gasteiger partial charge in [0.2, 0.25) is 11.8 Å². The molecule has 106 valence electrons. The number of nitrogen functional groups attached to an aromatic ring is 1. The van der Waals surface area contributed by atoms with Gasteiger partial charge in [0.25, 0.3) is 0 Å². The van der Waals surface area contributed by atoms with E-state index in [4.69, 9.17) is 5.73 Å². The number of rotatable bonds is 1. The monoisotopic (exact) mass is 272 g/mol. The van der Waals surface area contributed by atoms with Gasteiger partial charge in [0, 0.05) is 12.1 Å². The molecule has 1 saturated heterocycles. The van der Waals surface area contributed by atoms with Crippen LogP contribution in [0.5, 0.6) is 0 Å². The van der Waals surface area contributed by atoms with Crippen molar-refractivity contribution in [2.45, 2.75) is 45.4 Å². The van der Waals surface area contributed by atoms with Gasteiger partial charge in [-0.15, -0.1) is 0 Å². The molecule has 2 N–H and O–H groups in total. The van der Waals surface area contributed by atoms with Crippen LogP contribution in [0.15, 0.2) is 18.2 Å². The van der Waals surface area contributed by atoms with E-state index in [1.807, 2.05) is 13.0 Å². The van der Waals surface area contributed by atoms with Crippen LogP contribution in [0, 0.1) is 12.3 Å². The normalized spacial score (nSPS) is 21.8. The average Bonchev–Trinajstić information content (AvgIpc) is 2.66. The molecule has 2 aliphatic rings. The second kappa shape index (κ2) is 4.62. The zero-order valence-corrected chi connectivity index (χ0v) is 11.8. The molecule has 4 heteroatoms. The minimum atomic E-state index is -0.438. The molecule has 1 aromatic carbocycles. The van der Waals surface area contributed by atoms with Gasteiger partial charge in [-0.1, -0.05) is 25.3 Å². The van der Waals surface area contributed by atoms with Crippen molar-refractivity contribution >= 4 is 23.2 Å². The number of anilines is 2. The number of nitrogens with zero attached hydrogens (tertiary/aromatic N) is 1. The molecule has 3 rings (SSSR count). The van der Waals surface area contributed by atoms with E-state index in [1.165, 1.54) is 11.3 Å². The lowest BCUT2D eigenvalue weighted by molar-refractivity contribution is -0.127. The number of imide groups is 1. The van der Waals surface area contributed by atoms with Crippen molar-refractivity contribution in [1.82, 2.24) is 0 Å². The van der Waals surface area contributed by atoms with Gasteiger partial charge >= 0.3 is 0 Å². The van der Waals surface area contributed by atoms with Crippen molar-refractivity contribution in [3.8, 4) is 0 Å². The third-order valence-electron chi connectivity index (χ3n) is 4.79. The highest BCUT2D eigenvalue weighted by Gasteiger charge is 2.52. The first-order valence-corrected chi connectivity index (χ1v) is 7.28. The Hall–Kier alpha value is -1.84. The summed E-state index contributed by atoms with van der Waals surface area (Å²) in [4.78, 5) is 26.6. The first kappa shape index (κ1) is 13.2. The molecular formula is C16H20N2O2. The Balaban J connectivity index is 2.00. The molecule has 1 heterocycles. The summed E-state index contributed by atoms with van der Waals surface area (Å²) in [6.07, 6.45) is 5.30. The molecule has 1 aliphatic heterocycles. The maximum atomic E-state index is 12.8. The largest absolute Gasteiger partial charge is 0.398 e. The summed E-state index contributed by atoms with van der Waals surface area (Å²) in [6.45, 7) is 1.86. The Bertz CT molecular complexity index is 574. The second-order valence-corrected chi connectivity index (χ2v) is 6.04. The van der Waals surface area contributed by atoms with Gasteiger partial charge < -0.3 is 5.73 Å². The van der Waals surface area contributed by atoms with Crippen molar-refractivity contribution < 1.29 is 9.59 Å². The first-order chi connectivity index (χ1) is 9.55. The zero-order valence-electron chi connectivity index (χ0n) is 11.8. The summed E-state index contributed by atoms with van der Waals surface area (Å²) in [5.74, 6) is -0.0958. The zero-order chi connectivity index (χ0) is 14.3. The minimum Gasteiger partial charge on any atom is -0.398 e. The molecule has 1 spiro atoms. The summed E-state index contributed by atoms with van der Waals surface area (Å²) >= 11 is 0. The molecule has 0 radical (unpaired) electrons. The number of benzene rings is 1. The maximum absolute atomic E-state index is 12.8. The lowest BCUT2D eigenvalue weighted by atomic mass is 9.73. The van der Waals surface area contributed by atoms with E-state index >= 15 is 0 Å². The predicted molar refractivity (Wildman–Crippen MR) is 78.2 cm³/mol. The van der Waals surface area contributed by atoms with Crippen LogP contribution in [0.25, 0.3) is 0 Å². The van der Waals surface area contributed by atoms with E-state index in [2.05, 4.69) is 0 Å². The predicted octanol–water partition coefficient (Wildman–Crippen LogP) is 2.79. The Morgan fingerprint density at radius 1 is 1.15 bits per heavy atom. The van der Waals surface area contributed by atoms with Crippen molar-refractivity contribution in [3.05, 3.63) is 23.8 Å². The Morgan fingerprint density at radius 2 is 1.85 bits per heavy atom. The molecule has 2 amide bonds. The van der Waals surface area contributed by atoms with Gasteiger partial charge in [-0.2, -0.15) is 0 Å². The summed E-state index contributed by atoms with van der Waals surface area (Å²) in [7, 11) is 0. The van der Waals surface area contributed by atoms with Gasteiger partial charge in [-0.25, -0.2) is 4.90 Å². The number of hydrogen-bond donors (Lipinski definition) is 1. The number of carbonyl (C=O) groups is 2. The molecule has 0 unspecified atom stereocenters. The van der Waals surface area contributed by atoms with Crippen LogP contribution in [-0.2, 0) is 9.59 Å². The van der Waals surface area contributed by atoms with Gasteiger partial charge in [0.15, 0.2) is 0 Å².